The first-order chi connectivity index (χ1) is 22.7. The number of likely N-dealkylation sites (N-methyl/N-ethyl adjacent to an activating group) is 1. The summed E-state index contributed by atoms with van der Waals surface area (Å²) in [6.45, 7) is 9.26. The van der Waals surface area contributed by atoms with E-state index in [-0.39, 0.29) is 30.4 Å². The van der Waals surface area contributed by atoms with Crippen LogP contribution in [0.1, 0.15) is 78.6 Å². The van der Waals surface area contributed by atoms with E-state index in [2.05, 4.69) is 31.7 Å². The van der Waals surface area contributed by atoms with E-state index in [0.717, 1.165) is 86.0 Å². The number of alkyl halides is 3. The Morgan fingerprint density at radius 2 is 1.81 bits per heavy atom. The lowest BCUT2D eigenvalue weighted by Gasteiger charge is -2.34. The Labute approximate surface area is 272 Å². The van der Waals surface area contributed by atoms with E-state index in [1.54, 1.807) is 23.2 Å². The second-order valence-electron chi connectivity index (χ2n) is 13.0. The fraction of sp³-hybridized carbons (Fsp3) is 0.486. The minimum Gasteiger partial charge on any atom is -0.437 e. The van der Waals surface area contributed by atoms with Crippen molar-refractivity contribution in [2.45, 2.75) is 70.6 Å². The van der Waals surface area contributed by atoms with Crippen molar-refractivity contribution in [1.29, 1.82) is 0 Å². The summed E-state index contributed by atoms with van der Waals surface area (Å²) in [6, 6.07) is 8.32. The third kappa shape index (κ3) is 6.85. The van der Waals surface area contributed by atoms with Crippen LogP contribution in [0.3, 0.4) is 0 Å². The van der Waals surface area contributed by atoms with Gasteiger partial charge in [0.25, 0.3) is 0 Å². The molecule has 4 aromatic rings. The highest BCUT2D eigenvalue weighted by Crippen LogP contribution is 2.42. The molecule has 1 aliphatic carbocycles. The Hall–Kier alpha value is -4.03. The number of pyridine rings is 1. The number of fused-ring (bicyclic) bond motifs is 2. The number of hydrogen-bond donors (Lipinski definition) is 1. The van der Waals surface area contributed by atoms with Crippen LogP contribution in [0.15, 0.2) is 42.9 Å². The maximum absolute atomic E-state index is 14.2. The minimum atomic E-state index is -4.51. The van der Waals surface area contributed by atoms with Gasteiger partial charge in [-0.1, -0.05) is 26.0 Å². The first-order valence-electron chi connectivity index (χ1n) is 16.6. The van der Waals surface area contributed by atoms with Crippen LogP contribution in [-0.2, 0) is 30.5 Å². The molecule has 12 heteroatoms. The molecular weight excluding hydrogens is 607 g/mol. The zero-order valence-electron chi connectivity index (χ0n) is 26.8. The number of halogens is 3. The van der Waals surface area contributed by atoms with E-state index in [1.165, 1.54) is 6.33 Å². The molecule has 0 unspecified atom stereocenters. The van der Waals surface area contributed by atoms with Crippen LogP contribution in [0.2, 0.25) is 0 Å². The lowest BCUT2D eigenvalue weighted by molar-refractivity contribution is -0.139. The Morgan fingerprint density at radius 1 is 1.02 bits per heavy atom. The van der Waals surface area contributed by atoms with E-state index < -0.39 is 11.7 Å². The number of aromatic amines is 1. The van der Waals surface area contributed by atoms with Gasteiger partial charge < -0.3 is 19.5 Å². The molecule has 2 fully saturated rings. The highest BCUT2D eigenvalue weighted by atomic mass is 19.4. The molecule has 47 heavy (non-hydrogen) atoms. The van der Waals surface area contributed by atoms with Crippen LogP contribution < -0.4 is 4.74 Å². The van der Waals surface area contributed by atoms with E-state index >= 15 is 0 Å². The molecule has 1 aromatic carbocycles. The molecule has 0 spiro atoms. The van der Waals surface area contributed by atoms with Crippen molar-refractivity contribution in [2.75, 3.05) is 39.3 Å². The highest BCUT2D eigenvalue weighted by Gasteiger charge is 2.35. The standard InChI is InChI=1S/C35H40F3N7O2/c1-3-23-19-45(31(46)14-22-5-6-25(29(13-22)35(36,37)38)18-44-11-9-43(4-2)10-12-44)20-26-15-27(17-39-32(23)26)47-34-28-16-30(24-7-8-24)42-33(28)40-21-41-34/h5-6,13,15-17,21,23-24H,3-4,7-12,14,18-20H2,1-2H3,(H,40,41,42)/t23-/m1/s1. The van der Waals surface area contributed by atoms with Crippen LogP contribution in [0.25, 0.3) is 11.0 Å². The van der Waals surface area contributed by atoms with Crippen molar-refractivity contribution in [3.05, 3.63) is 76.5 Å². The number of carbonyl (C=O) groups is 1. The first-order valence-corrected chi connectivity index (χ1v) is 16.6. The van der Waals surface area contributed by atoms with Gasteiger partial charge in [-0.15, -0.1) is 0 Å². The van der Waals surface area contributed by atoms with Crippen molar-refractivity contribution < 1.29 is 22.7 Å². The average molecular weight is 648 g/mol. The van der Waals surface area contributed by atoms with Gasteiger partial charge in [0, 0.05) is 57.4 Å². The SMILES string of the molecule is CC[C@@H]1CN(C(=O)Cc2ccc(CN3CCN(CC)CC3)c(C(F)(F)F)c2)Cc2cc(Oc3ncnc4[nH]c(C5CC5)cc34)cnc21. The number of hydrogen-bond acceptors (Lipinski definition) is 7. The monoisotopic (exact) mass is 647 g/mol. The third-order valence-electron chi connectivity index (χ3n) is 9.79. The molecule has 7 rings (SSSR count). The topological polar surface area (TPSA) is 90.5 Å². The van der Waals surface area contributed by atoms with Crippen molar-refractivity contribution in [1.82, 2.24) is 34.6 Å². The normalized spacial score (nSPS) is 19.3. The summed E-state index contributed by atoms with van der Waals surface area (Å²) in [7, 11) is 0. The van der Waals surface area contributed by atoms with Gasteiger partial charge in [0.15, 0.2) is 0 Å². The third-order valence-corrected chi connectivity index (χ3v) is 9.79. The second kappa shape index (κ2) is 12.9. The van der Waals surface area contributed by atoms with Crippen LogP contribution >= 0.6 is 0 Å². The summed E-state index contributed by atoms with van der Waals surface area (Å²) in [5.74, 6) is 1.26. The molecular formula is C35H40F3N7O2. The Balaban J connectivity index is 1.07. The smallest absolute Gasteiger partial charge is 0.416 e. The lowest BCUT2D eigenvalue weighted by atomic mass is 9.92. The van der Waals surface area contributed by atoms with Gasteiger partial charge >= 0.3 is 6.18 Å². The molecule has 248 valence electrons. The van der Waals surface area contributed by atoms with E-state index in [1.807, 2.05) is 19.1 Å². The minimum absolute atomic E-state index is 0.00886. The summed E-state index contributed by atoms with van der Waals surface area (Å²) in [6.07, 6.45) is 1.62. The predicted molar refractivity (Wildman–Crippen MR) is 171 cm³/mol. The van der Waals surface area contributed by atoms with E-state index in [9.17, 15) is 18.0 Å². The Morgan fingerprint density at radius 3 is 2.53 bits per heavy atom. The molecule has 1 saturated heterocycles. The van der Waals surface area contributed by atoms with E-state index in [0.29, 0.717) is 36.2 Å². The van der Waals surface area contributed by atoms with Gasteiger partial charge in [-0.25, -0.2) is 9.97 Å². The number of nitrogens with zero attached hydrogens (tertiary/aromatic N) is 6. The number of ether oxygens (including phenoxy) is 1. The molecule has 9 nitrogen and oxygen atoms in total. The largest absolute Gasteiger partial charge is 0.437 e. The van der Waals surface area contributed by atoms with Crippen molar-refractivity contribution in [2.24, 2.45) is 0 Å². The fourth-order valence-corrected chi connectivity index (χ4v) is 6.86. The lowest BCUT2D eigenvalue weighted by Crippen LogP contribution is -2.45. The van der Waals surface area contributed by atoms with E-state index in [4.69, 9.17) is 9.72 Å². The number of benzene rings is 1. The molecule has 0 bridgehead atoms. The molecule has 1 N–H and O–H groups in total. The number of amides is 1. The maximum Gasteiger partial charge on any atom is 0.416 e. The summed E-state index contributed by atoms with van der Waals surface area (Å²) in [5, 5.41) is 0.804. The first kappa shape index (κ1) is 31.6. The zero-order chi connectivity index (χ0) is 32.7. The summed E-state index contributed by atoms with van der Waals surface area (Å²) >= 11 is 0. The van der Waals surface area contributed by atoms with Crippen LogP contribution in [0, 0.1) is 0 Å². The van der Waals surface area contributed by atoms with Gasteiger partial charge in [0.2, 0.25) is 11.8 Å². The van der Waals surface area contributed by atoms with Crippen LogP contribution in [0.5, 0.6) is 11.6 Å². The maximum atomic E-state index is 14.2. The molecule has 1 atom stereocenters. The quantitative estimate of drug-likeness (QED) is 0.230. The van der Waals surface area contributed by atoms with Gasteiger partial charge in [0.05, 0.1) is 29.3 Å². The van der Waals surface area contributed by atoms with Gasteiger partial charge in [-0.3, -0.25) is 14.7 Å². The number of aromatic nitrogens is 4. The molecule has 5 heterocycles. The predicted octanol–water partition coefficient (Wildman–Crippen LogP) is 6.26. The molecule has 3 aromatic heterocycles. The van der Waals surface area contributed by atoms with Crippen LogP contribution in [0.4, 0.5) is 13.2 Å². The molecule has 1 amide bonds. The van der Waals surface area contributed by atoms with Crippen LogP contribution in [-0.4, -0.2) is 79.8 Å². The number of nitrogens with one attached hydrogen (secondary N) is 1. The number of carbonyl (C=O) groups excluding carboxylic acids is 1. The molecule has 3 aliphatic rings. The van der Waals surface area contributed by atoms with Crippen molar-refractivity contribution in [3.8, 4) is 11.6 Å². The molecule has 0 radical (unpaired) electrons. The average Bonchev–Trinajstić information content (AvgIpc) is 3.83. The van der Waals surface area contributed by atoms with Crippen molar-refractivity contribution >= 4 is 16.9 Å². The zero-order valence-corrected chi connectivity index (χ0v) is 26.8. The second-order valence-corrected chi connectivity index (χ2v) is 13.0. The molecule has 2 aliphatic heterocycles. The summed E-state index contributed by atoms with van der Waals surface area (Å²) < 4.78 is 48.9. The van der Waals surface area contributed by atoms with Crippen molar-refractivity contribution in [3.63, 3.8) is 0 Å². The summed E-state index contributed by atoms with van der Waals surface area (Å²) in [5.41, 5.74) is 3.59. The highest BCUT2D eigenvalue weighted by molar-refractivity contribution is 5.82. The fourth-order valence-electron chi connectivity index (χ4n) is 6.86. The number of H-pyrrole nitrogens is 1. The van der Waals surface area contributed by atoms with Gasteiger partial charge in [-0.2, -0.15) is 13.2 Å². The number of rotatable bonds is 9. The van der Waals surface area contributed by atoms with Gasteiger partial charge in [0.1, 0.15) is 17.7 Å². The Bertz CT molecular complexity index is 1760. The number of piperazine rings is 1. The summed E-state index contributed by atoms with van der Waals surface area (Å²) in [4.78, 5) is 36.5. The van der Waals surface area contributed by atoms with Gasteiger partial charge in [-0.05, 0) is 66.6 Å². The molecule has 1 saturated carbocycles. The Kier molecular flexibility index (Phi) is 8.65.